The van der Waals surface area contributed by atoms with Gasteiger partial charge in [0.15, 0.2) is 0 Å². The molecule has 7 nitrogen and oxygen atoms in total. The molecule has 1 fully saturated rings. The van der Waals surface area contributed by atoms with E-state index in [2.05, 4.69) is 15.2 Å². The SMILES string of the molecule is Cn1cccc1-c1cc(C(=O)N2CCC[C@@H](OCc3ccccn3)C2)[nH]n1. The molecule has 7 heteroatoms. The monoisotopic (exact) mass is 365 g/mol. The first-order valence-corrected chi connectivity index (χ1v) is 9.18. The Hall–Kier alpha value is -2.93. The first-order valence-electron chi connectivity index (χ1n) is 9.18. The molecule has 0 unspecified atom stereocenters. The molecule has 140 valence electrons. The highest BCUT2D eigenvalue weighted by atomic mass is 16.5. The number of likely N-dealkylation sites (tertiary alicyclic amines) is 1. The third-order valence-electron chi connectivity index (χ3n) is 4.87. The number of aryl methyl sites for hydroxylation is 1. The number of nitrogens with zero attached hydrogens (tertiary/aromatic N) is 4. The van der Waals surface area contributed by atoms with Gasteiger partial charge in [0.2, 0.25) is 0 Å². The first kappa shape index (κ1) is 17.5. The van der Waals surface area contributed by atoms with Crippen molar-refractivity contribution in [3.8, 4) is 11.4 Å². The van der Waals surface area contributed by atoms with Crippen LogP contribution in [0.1, 0.15) is 29.0 Å². The molecule has 0 aromatic carbocycles. The molecule has 1 aliphatic heterocycles. The zero-order valence-electron chi connectivity index (χ0n) is 15.3. The van der Waals surface area contributed by atoms with E-state index >= 15 is 0 Å². The smallest absolute Gasteiger partial charge is 0.271 e. The second-order valence-electron chi connectivity index (χ2n) is 6.82. The number of H-pyrrole nitrogens is 1. The van der Waals surface area contributed by atoms with Crippen molar-refractivity contribution in [1.82, 2.24) is 24.6 Å². The molecular formula is C20H23N5O2. The summed E-state index contributed by atoms with van der Waals surface area (Å²) in [5.41, 5.74) is 3.16. The van der Waals surface area contributed by atoms with E-state index in [1.807, 2.05) is 59.1 Å². The molecule has 1 amide bonds. The second-order valence-corrected chi connectivity index (χ2v) is 6.82. The molecule has 3 aromatic rings. The number of amides is 1. The van der Waals surface area contributed by atoms with Crippen molar-refractivity contribution >= 4 is 5.91 Å². The fourth-order valence-corrected chi connectivity index (χ4v) is 3.41. The number of rotatable bonds is 5. The van der Waals surface area contributed by atoms with E-state index < -0.39 is 0 Å². The lowest BCUT2D eigenvalue weighted by molar-refractivity contribution is -0.00801. The summed E-state index contributed by atoms with van der Waals surface area (Å²) in [6.45, 7) is 1.79. The highest BCUT2D eigenvalue weighted by Crippen LogP contribution is 2.20. The van der Waals surface area contributed by atoms with Crippen LogP contribution < -0.4 is 0 Å². The van der Waals surface area contributed by atoms with E-state index in [9.17, 15) is 4.79 Å². The third-order valence-corrected chi connectivity index (χ3v) is 4.87. The Morgan fingerprint density at radius 1 is 1.33 bits per heavy atom. The lowest BCUT2D eigenvalue weighted by atomic mass is 10.1. The van der Waals surface area contributed by atoms with Gasteiger partial charge in [0.25, 0.3) is 5.91 Å². The van der Waals surface area contributed by atoms with Crippen LogP contribution in [0.4, 0.5) is 0 Å². The molecule has 0 spiro atoms. The number of hydrogen-bond acceptors (Lipinski definition) is 4. The number of aromatic nitrogens is 4. The van der Waals surface area contributed by atoms with E-state index in [4.69, 9.17) is 4.74 Å². The van der Waals surface area contributed by atoms with Crippen LogP contribution in [0.2, 0.25) is 0 Å². The third kappa shape index (κ3) is 3.93. The number of ether oxygens (including phenoxy) is 1. The Morgan fingerprint density at radius 3 is 3.04 bits per heavy atom. The molecular weight excluding hydrogens is 342 g/mol. The fourth-order valence-electron chi connectivity index (χ4n) is 3.41. The maximum Gasteiger partial charge on any atom is 0.271 e. The molecule has 27 heavy (non-hydrogen) atoms. The molecule has 0 saturated carbocycles. The predicted molar refractivity (Wildman–Crippen MR) is 101 cm³/mol. The van der Waals surface area contributed by atoms with Gasteiger partial charge in [-0.1, -0.05) is 6.07 Å². The Kier molecular flexibility index (Phi) is 5.02. The summed E-state index contributed by atoms with van der Waals surface area (Å²) < 4.78 is 7.96. The van der Waals surface area contributed by atoms with Gasteiger partial charge in [-0.2, -0.15) is 5.10 Å². The number of carbonyl (C=O) groups is 1. The summed E-state index contributed by atoms with van der Waals surface area (Å²) in [6.07, 6.45) is 5.63. The largest absolute Gasteiger partial charge is 0.370 e. The molecule has 4 heterocycles. The minimum Gasteiger partial charge on any atom is -0.370 e. The molecule has 4 rings (SSSR count). The normalized spacial score (nSPS) is 17.2. The van der Waals surface area contributed by atoms with Gasteiger partial charge in [0, 0.05) is 32.5 Å². The van der Waals surface area contributed by atoms with Crippen molar-refractivity contribution in [1.29, 1.82) is 0 Å². The maximum absolute atomic E-state index is 12.9. The lowest BCUT2D eigenvalue weighted by Crippen LogP contribution is -2.43. The van der Waals surface area contributed by atoms with E-state index in [0.717, 1.165) is 36.5 Å². The molecule has 0 bridgehead atoms. The minimum absolute atomic E-state index is 0.0278. The molecule has 1 saturated heterocycles. The summed E-state index contributed by atoms with van der Waals surface area (Å²) >= 11 is 0. The number of aromatic amines is 1. The van der Waals surface area contributed by atoms with Gasteiger partial charge in [-0.05, 0) is 43.2 Å². The summed E-state index contributed by atoms with van der Waals surface area (Å²) in [5, 5.41) is 7.18. The van der Waals surface area contributed by atoms with Crippen molar-refractivity contribution in [2.45, 2.75) is 25.6 Å². The van der Waals surface area contributed by atoms with Crippen LogP contribution >= 0.6 is 0 Å². The first-order chi connectivity index (χ1) is 13.2. The summed E-state index contributed by atoms with van der Waals surface area (Å²) in [6, 6.07) is 11.5. The molecule has 1 N–H and O–H groups in total. The summed E-state index contributed by atoms with van der Waals surface area (Å²) in [7, 11) is 1.96. The van der Waals surface area contributed by atoms with Gasteiger partial charge >= 0.3 is 0 Å². The quantitative estimate of drug-likeness (QED) is 0.754. The highest BCUT2D eigenvalue weighted by molar-refractivity contribution is 5.93. The second kappa shape index (κ2) is 7.75. The van der Waals surface area contributed by atoms with Crippen LogP contribution in [0.5, 0.6) is 0 Å². The summed E-state index contributed by atoms with van der Waals surface area (Å²) in [4.78, 5) is 19.0. The Bertz CT molecular complexity index is 902. The maximum atomic E-state index is 12.9. The van der Waals surface area contributed by atoms with Gasteiger partial charge < -0.3 is 14.2 Å². The van der Waals surface area contributed by atoms with Gasteiger partial charge in [-0.3, -0.25) is 14.9 Å². The van der Waals surface area contributed by atoms with Crippen LogP contribution in [0.15, 0.2) is 48.8 Å². The van der Waals surface area contributed by atoms with Gasteiger partial charge in [0.05, 0.1) is 24.1 Å². The molecule has 1 aliphatic rings. The number of pyridine rings is 1. The Balaban J connectivity index is 1.38. The number of nitrogens with one attached hydrogen (secondary N) is 1. The van der Waals surface area contributed by atoms with Gasteiger partial charge in [-0.15, -0.1) is 0 Å². The minimum atomic E-state index is -0.0332. The standard InChI is InChI=1S/C20H23N5O2/c1-24-10-5-8-19(24)17-12-18(23-22-17)20(26)25-11-4-7-16(13-25)27-14-15-6-2-3-9-21-15/h2-3,5-6,8-10,12,16H,4,7,11,13-14H2,1H3,(H,22,23)/t16-/m1/s1. The number of hydrogen-bond donors (Lipinski definition) is 1. The van der Waals surface area contributed by atoms with Crippen LogP contribution in [-0.2, 0) is 18.4 Å². The van der Waals surface area contributed by atoms with Crippen molar-refractivity contribution in [3.05, 3.63) is 60.2 Å². The predicted octanol–water partition coefficient (Wildman–Crippen LogP) is 2.63. The van der Waals surface area contributed by atoms with Crippen LogP contribution in [0, 0.1) is 0 Å². The van der Waals surface area contributed by atoms with Crippen LogP contribution in [0.25, 0.3) is 11.4 Å². The van der Waals surface area contributed by atoms with E-state index in [0.29, 0.717) is 18.8 Å². The Morgan fingerprint density at radius 2 is 2.26 bits per heavy atom. The van der Waals surface area contributed by atoms with Gasteiger partial charge in [0.1, 0.15) is 11.4 Å². The number of piperidine rings is 1. The topological polar surface area (TPSA) is 76.0 Å². The average Bonchev–Trinajstić information content (AvgIpc) is 3.35. The number of carbonyl (C=O) groups excluding carboxylic acids is 1. The van der Waals surface area contributed by atoms with Crippen molar-refractivity contribution in [2.75, 3.05) is 13.1 Å². The zero-order valence-corrected chi connectivity index (χ0v) is 15.3. The average molecular weight is 365 g/mol. The molecule has 0 radical (unpaired) electrons. The molecule has 1 atom stereocenters. The fraction of sp³-hybridized carbons (Fsp3) is 0.350. The van der Waals surface area contributed by atoms with E-state index in [-0.39, 0.29) is 12.0 Å². The van der Waals surface area contributed by atoms with Crippen LogP contribution in [0.3, 0.4) is 0 Å². The van der Waals surface area contributed by atoms with Crippen molar-refractivity contribution in [2.24, 2.45) is 7.05 Å². The van der Waals surface area contributed by atoms with E-state index in [1.54, 1.807) is 6.20 Å². The van der Waals surface area contributed by atoms with Crippen molar-refractivity contribution in [3.63, 3.8) is 0 Å². The van der Waals surface area contributed by atoms with Gasteiger partial charge in [-0.25, -0.2) is 0 Å². The highest BCUT2D eigenvalue weighted by Gasteiger charge is 2.26. The van der Waals surface area contributed by atoms with E-state index in [1.165, 1.54) is 0 Å². The zero-order chi connectivity index (χ0) is 18.6. The Labute approximate surface area is 158 Å². The lowest BCUT2D eigenvalue weighted by Gasteiger charge is -2.32. The molecule has 0 aliphatic carbocycles. The van der Waals surface area contributed by atoms with Crippen LogP contribution in [-0.4, -0.2) is 49.7 Å². The summed E-state index contributed by atoms with van der Waals surface area (Å²) in [5.74, 6) is -0.0332. The molecule has 3 aromatic heterocycles. The van der Waals surface area contributed by atoms with Crippen molar-refractivity contribution < 1.29 is 9.53 Å².